The average molecular weight is 376 g/mol. The highest BCUT2D eigenvalue weighted by Gasteiger charge is 2.09. The average Bonchev–Trinajstić information content (AvgIpc) is 2.62. The first-order valence-electron chi connectivity index (χ1n) is 7.91. The zero-order valence-corrected chi connectivity index (χ0v) is 15.4. The van der Waals surface area contributed by atoms with E-state index in [1.807, 2.05) is 12.1 Å². The van der Waals surface area contributed by atoms with Gasteiger partial charge in [0, 0.05) is 38.5 Å². The lowest BCUT2D eigenvalue weighted by atomic mass is 10.1. The van der Waals surface area contributed by atoms with E-state index in [0.717, 1.165) is 0 Å². The Bertz CT molecular complexity index is 780. The minimum absolute atomic E-state index is 0.0146. The molecule has 0 aliphatic rings. The van der Waals surface area contributed by atoms with Crippen molar-refractivity contribution in [3.8, 4) is 5.75 Å². The third-order valence-corrected chi connectivity index (χ3v) is 3.72. The Morgan fingerprint density at radius 2 is 2.27 bits per heavy atom. The van der Waals surface area contributed by atoms with Crippen LogP contribution in [-0.2, 0) is 4.74 Å². The summed E-state index contributed by atoms with van der Waals surface area (Å²) in [4.78, 5) is 8.33. The van der Waals surface area contributed by atoms with Crippen LogP contribution in [0.1, 0.15) is 5.56 Å². The summed E-state index contributed by atoms with van der Waals surface area (Å²) in [7, 11) is 3.51. The molecule has 138 valence electrons. The van der Waals surface area contributed by atoms with Crippen molar-refractivity contribution in [2.75, 3.05) is 27.3 Å². The molecule has 0 fully saturated rings. The van der Waals surface area contributed by atoms with Crippen LogP contribution in [0.15, 0.2) is 53.8 Å². The smallest absolute Gasteiger partial charge is 0.134 e. The van der Waals surface area contributed by atoms with Gasteiger partial charge in [-0.1, -0.05) is 17.7 Å². The van der Waals surface area contributed by atoms with Gasteiger partial charge in [-0.3, -0.25) is 4.98 Å². The van der Waals surface area contributed by atoms with Gasteiger partial charge in [0.05, 0.1) is 29.2 Å². The molecule has 0 spiro atoms. The van der Waals surface area contributed by atoms with Crippen LogP contribution in [0.5, 0.6) is 5.75 Å². The molecule has 0 bridgehead atoms. The molecule has 0 saturated heterocycles. The molecule has 1 aromatic heterocycles. The molecule has 2 rings (SSSR count). The number of ether oxygens (including phenoxy) is 1. The Balaban J connectivity index is 2.32. The summed E-state index contributed by atoms with van der Waals surface area (Å²) in [6, 6.07) is 8.54. The lowest BCUT2D eigenvalue weighted by Gasteiger charge is -2.21. The highest BCUT2D eigenvalue weighted by Crippen LogP contribution is 2.26. The number of methoxy groups -OCH3 is 1. The van der Waals surface area contributed by atoms with Crippen molar-refractivity contribution in [1.29, 1.82) is 0 Å². The van der Waals surface area contributed by atoms with Crippen LogP contribution < -0.4 is 11.2 Å². The van der Waals surface area contributed by atoms with E-state index in [9.17, 15) is 5.11 Å². The lowest BCUT2D eigenvalue weighted by molar-refractivity contribution is 0.148. The van der Waals surface area contributed by atoms with Crippen molar-refractivity contribution in [2.45, 2.75) is 0 Å². The van der Waals surface area contributed by atoms with Gasteiger partial charge in [0.25, 0.3) is 0 Å². The van der Waals surface area contributed by atoms with E-state index in [4.69, 9.17) is 22.1 Å². The topological polar surface area (TPSA) is 96.0 Å². The number of hydrogen-bond acceptors (Lipinski definition) is 6. The van der Waals surface area contributed by atoms with Crippen molar-refractivity contribution in [1.82, 2.24) is 15.4 Å². The molecule has 0 unspecified atom stereocenters. The number of rotatable bonds is 8. The largest absolute Gasteiger partial charge is 0.506 e. The Morgan fingerprint density at radius 1 is 1.46 bits per heavy atom. The van der Waals surface area contributed by atoms with Crippen LogP contribution in [0.4, 0.5) is 5.69 Å². The summed E-state index contributed by atoms with van der Waals surface area (Å²) in [5, 5.41) is 12.0. The standard InChI is InChI=1S/C18H22ClN5O2/c1-24(8-9-26-2)23-16(13-5-6-15(19)17(25)10-13)11-18(20)22-14-4-3-7-21-12-14/h3-7,10-12,23,25H,8-9H2,1-2H3,(H2,20,22)/b16-11-. The number of pyridine rings is 1. The van der Waals surface area contributed by atoms with E-state index in [1.54, 1.807) is 55.9 Å². The van der Waals surface area contributed by atoms with E-state index < -0.39 is 0 Å². The number of phenols is 1. The first-order valence-corrected chi connectivity index (χ1v) is 8.29. The van der Waals surface area contributed by atoms with Crippen molar-refractivity contribution in [2.24, 2.45) is 10.7 Å². The number of aromatic nitrogens is 1. The monoisotopic (exact) mass is 375 g/mol. The number of hydrogen-bond donors (Lipinski definition) is 3. The van der Waals surface area contributed by atoms with Crippen molar-refractivity contribution in [3.05, 3.63) is 59.4 Å². The third-order valence-electron chi connectivity index (χ3n) is 3.40. The lowest BCUT2D eigenvalue weighted by Crippen LogP contribution is -2.36. The number of hydrazine groups is 1. The summed E-state index contributed by atoms with van der Waals surface area (Å²) in [5.41, 5.74) is 11.3. The van der Waals surface area contributed by atoms with E-state index >= 15 is 0 Å². The molecule has 0 saturated carbocycles. The van der Waals surface area contributed by atoms with Gasteiger partial charge in [-0.05, 0) is 24.3 Å². The van der Waals surface area contributed by atoms with Gasteiger partial charge < -0.3 is 21.0 Å². The molecule has 2 aromatic rings. The number of aromatic hydroxyl groups is 1. The fraction of sp³-hybridized carbons (Fsp3) is 0.222. The molecule has 0 amide bonds. The minimum atomic E-state index is -0.0146. The van der Waals surface area contributed by atoms with E-state index in [1.165, 1.54) is 0 Å². The van der Waals surface area contributed by atoms with Crippen molar-refractivity contribution in [3.63, 3.8) is 0 Å². The minimum Gasteiger partial charge on any atom is -0.506 e. The first-order chi connectivity index (χ1) is 12.5. The summed E-state index contributed by atoms with van der Waals surface area (Å²) in [6.45, 7) is 1.20. The van der Waals surface area contributed by atoms with E-state index in [0.29, 0.717) is 30.1 Å². The van der Waals surface area contributed by atoms with Crippen LogP contribution in [0, 0.1) is 0 Å². The molecule has 4 N–H and O–H groups in total. The molecular formula is C18H22ClN5O2. The van der Waals surface area contributed by atoms with Gasteiger partial charge in [0.2, 0.25) is 0 Å². The molecule has 26 heavy (non-hydrogen) atoms. The molecule has 0 radical (unpaired) electrons. The molecular weight excluding hydrogens is 354 g/mol. The number of aliphatic imine (C=N–C) groups is 1. The molecule has 0 aliphatic carbocycles. The van der Waals surface area contributed by atoms with Crippen molar-refractivity contribution < 1.29 is 9.84 Å². The maximum atomic E-state index is 9.90. The second-order valence-corrected chi connectivity index (χ2v) is 5.91. The number of amidine groups is 1. The van der Waals surface area contributed by atoms with Gasteiger partial charge in [-0.2, -0.15) is 0 Å². The second-order valence-electron chi connectivity index (χ2n) is 5.50. The number of nitrogens with two attached hydrogens (primary N) is 1. The fourth-order valence-corrected chi connectivity index (χ4v) is 2.22. The SMILES string of the molecule is COCCN(C)N/C(=C\C(N)=Nc1cccnc1)c1ccc(Cl)c(O)c1. The number of likely N-dealkylation sites (N-methyl/N-ethyl adjacent to an activating group) is 1. The van der Waals surface area contributed by atoms with Crippen LogP contribution in [0.2, 0.25) is 5.02 Å². The van der Waals surface area contributed by atoms with Gasteiger partial charge in [-0.15, -0.1) is 0 Å². The molecule has 8 heteroatoms. The molecule has 1 aromatic carbocycles. The normalized spacial score (nSPS) is 12.5. The number of nitrogens with zero attached hydrogens (tertiary/aromatic N) is 3. The predicted molar refractivity (Wildman–Crippen MR) is 104 cm³/mol. The summed E-state index contributed by atoms with van der Waals surface area (Å²) in [6.07, 6.45) is 4.96. The Labute approximate surface area is 157 Å². The highest BCUT2D eigenvalue weighted by atomic mass is 35.5. The first kappa shape index (κ1) is 19.7. The number of phenolic OH excluding ortho intramolecular Hbond substituents is 1. The Hall–Kier alpha value is -2.61. The van der Waals surface area contributed by atoms with Gasteiger partial charge in [-0.25, -0.2) is 10.0 Å². The maximum absolute atomic E-state index is 9.90. The molecule has 0 atom stereocenters. The maximum Gasteiger partial charge on any atom is 0.134 e. The molecule has 0 aliphatic heterocycles. The zero-order valence-electron chi connectivity index (χ0n) is 14.7. The van der Waals surface area contributed by atoms with Crippen LogP contribution in [-0.4, -0.2) is 48.2 Å². The van der Waals surface area contributed by atoms with Crippen LogP contribution in [0.3, 0.4) is 0 Å². The molecule has 1 heterocycles. The Morgan fingerprint density at radius 3 is 2.92 bits per heavy atom. The number of nitrogens with one attached hydrogen (secondary N) is 1. The number of halogens is 1. The van der Waals surface area contributed by atoms with E-state index in [2.05, 4.69) is 15.4 Å². The van der Waals surface area contributed by atoms with Crippen LogP contribution in [0.25, 0.3) is 5.70 Å². The van der Waals surface area contributed by atoms with Gasteiger partial charge in [0.15, 0.2) is 0 Å². The van der Waals surface area contributed by atoms with Crippen molar-refractivity contribution >= 4 is 28.8 Å². The third kappa shape index (κ3) is 6.03. The fourth-order valence-electron chi connectivity index (χ4n) is 2.10. The Kier molecular flexibility index (Phi) is 7.40. The summed E-state index contributed by atoms with van der Waals surface area (Å²) in [5.74, 6) is 0.272. The molecule has 7 nitrogen and oxygen atoms in total. The van der Waals surface area contributed by atoms with Gasteiger partial charge in [0.1, 0.15) is 11.6 Å². The van der Waals surface area contributed by atoms with Crippen LogP contribution >= 0.6 is 11.6 Å². The second kappa shape index (κ2) is 9.76. The summed E-state index contributed by atoms with van der Waals surface area (Å²) >= 11 is 5.90. The number of benzene rings is 1. The van der Waals surface area contributed by atoms with Gasteiger partial charge >= 0.3 is 0 Å². The predicted octanol–water partition coefficient (Wildman–Crippen LogP) is 2.55. The summed E-state index contributed by atoms with van der Waals surface area (Å²) < 4.78 is 5.08. The zero-order chi connectivity index (χ0) is 18.9. The highest BCUT2D eigenvalue weighted by molar-refractivity contribution is 6.32. The van der Waals surface area contributed by atoms with E-state index in [-0.39, 0.29) is 16.6 Å². The quantitative estimate of drug-likeness (QED) is 0.373.